The molecule has 1 aromatic heterocycles. The second kappa shape index (κ2) is 3.22. The topological polar surface area (TPSA) is 17.8 Å². The number of rotatable bonds is 0. The predicted molar refractivity (Wildman–Crippen MR) is 67.9 cm³/mol. The normalized spacial score (nSPS) is 12.3. The first-order valence-electron chi connectivity index (χ1n) is 4.62. The van der Waals surface area contributed by atoms with Gasteiger partial charge in [0.25, 0.3) is 0 Å². The van der Waals surface area contributed by atoms with Gasteiger partial charge in [0.05, 0.1) is 33.9 Å². The number of benzene rings is 1. The number of hydrogen-bond donors (Lipinski definition) is 0. The zero-order chi connectivity index (χ0) is 10.3. The third kappa shape index (κ3) is 1.65. The van der Waals surface area contributed by atoms with Crippen molar-refractivity contribution in [3.8, 4) is 0 Å². The molecule has 0 radical (unpaired) electrons. The van der Waals surface area contributed by atoms with Crippen LogP contribution >= 0.6 is 22.9 Å². The van der Waals surface area contributed by atoms with Crippen LogP contribution in [0.1, 0.15) is 26.3 Å². The maximum Gasteiger partial charge on any atom is 0.105 e. The number of halogens is 1. The molecule has 74 valence electrons. The summed E-state index contributed by atoms with van der Waals surface area (Å²) in [7, 11) is 0. The summed E-state index contributed by atoms with van der Waals surface area (Å²) in [5, 5.41) is 0. The second-order valence-electron chi connectivity index (χ2n) is 4.51. The van der Waals surface area contributed by atoms with Crippen LogP contribution < -0.4 is 0 Å². The number of aromatic nitrogens is 2. The molecule has 0 atom stereocenters. The fourth-order valence-corrected chi connectivity index (χ4v) is 1.98. The molecule has 0 saturated carbocycles. The van der Waals surface area contributed by atoms with E-state index in [1.807, 2.05) is 9.11 Å². The van der Waals surface area contributed by atoms with Crippen LogP contribution in [0.2, 0.25) is 0 Å². The molecule has 0 saturated heterocycles. The van der Waals surface area contributed by atoms with Crippen molar-refractivity contribution >= 4 is 33.9 Å². The molecule has 14 heavy (non-hydrogen) atoms. The largest absolute Gasteiger partial charge is 0.271 e. The maximum atomic E-state index is 4.35. The van der Waals surface area contributed by atoms with E-state index in [0.717, 1.165) is 5.52 Å². The number of nitrogens with zero attached hydrogens (tertiary/aromatic N) is 2. The third-order valence-electron chi connectivity index (χ3n) is 2.37. The highest BCUT2D eigenvalue weighted by Gasteiger charge is 2.14. The van der Waals surface area contributed by atoms with Gasteiger partial charge in [-0.1, -0.05) is 26.8 Å². The Labute approximate surface area is 97.8 Å². The molecule has 2 aromatic rings. The molecule has 0 aliphatic carbocycles. The van der Waals surface area contributed by atoms with Crippen LogP contribution in [-0.2, 0) is 5.41 Å². The SMILES string of the molecule is CC(C)(C)c1ccc2c(c1)ncn2I. The highest BCUT2D eigenvalue weighted by atomic mass is 127. The molecule has 3 heteroatoms. The lowest BCUT2D eigenvalue weighted by molar-refractivity contribution is 0.591. The summed E-state index contributed by atoms with van der Waals surface area (Å²) in [5.74, 6) is 0. The van der Waals surface area contributed by atoms with Gasteiger partial charge in [0.15, 0.2) is 0 Å². The fraction of sp³-hybridized carbons (Fsp3) is 0.364. The van der Waals surface area contributed by atoms with E-state index >= 15 is 0 Å². The van der Waals surface area contributed by atoms with Gasteiger partial charge in [0.1, 0.15) is 6.33 Å². The molecule has 0 spiro atoms. The van der Waals surface area contributed by atoms with Crippen molar-refractivity contribution in [1.82, 2.24) is 7.76 Å². The molecule has 1 heterocycles. The molecule has 0 bridgehead atoms. The van der Waals surface area contributed by atoms with E-state index in [1.54, 1.807) is 0 Å². The summed E-state index contributed by atoms with van der Waals surface area (Å²) in [6.07, 6.45) is 1.84. The van der Waals surface area contributed by atoms with E-state index < -0.39 is 0 Å². The monoisotopic (exact) mass is 300 g/mol. The summed E-state index contributed by atoms with van der Waals surface area (Å²) in [5.41, 5.74) is 3.79. The minimum absolute atomic E-state index is 0.198. The average Bonchev–Trinajstić information content (AvgIpc) is 2.46. The number of imidazole rings is 1. The first-order chi connectivity index (χ1) is 6.48. The van der Waals surface area contributed by atoms with Crippen molar-refractivity contribution in [3.05, 3.63) is 30.1 Å². The average molecular weight is 300 g/mol. The van der Waals surface area contributed by atoms with Crippen molar-refractivity contribution in [2.75, 3.05) is 0 Å². The van der Waals surface area contributed by atoms with Gasteiger partial charge in [-0.05, 0) is 23.1 Å². The Kier molecular flexibility index (Phi) is 2.29. The first kappa shape index (κ1) is 9.96. The van der Waals surface area contributed by atoms with Crippen LogP contribution in [0, 0.1) is 0 Å². The minimum atomic E-state index is 0.198. The highest BCUT2D eigenvalue weighted by Crippen LogP contribution is 2.25. The molecule has 1 aromatic carbocycles. The van der Waals surface area contributed by atoms with Gasteiger partial charge in [-0.25, -0.2) is 4.98 Å². The van der Waals surface area contributed by atoms with Crippen molar-refractivity contribution in [1.29, 1.82) is 0 Å². The van der Waals surface area contributed by atoms with Gasteiger partial charge in [0.2, 0.25) is 0 Å². The van der Waals surface area contributed by atoms with Gasteiger partial charge in [-0.2, -0.15) is 0 Å². The van der Waals surface area contributed by atoms with E-state index in [0.29, 0.717) is 0 Å². The summed E-state index contributed by atoms with van der Waals surface area (Å²) in [6.45, 7) is 6.65. The Bertz CT molecular complexity index is 466. The number of hydrogen-bond acceptors (Lipinski definition) is 1. The van der Waals surface area contributed by atoms with Crippen molar-refractivity contribution in [2.45, 2.75) is 26.2 Å². The zero-order valence-electron chi connectivity index (χ0n) is 8.58. The quantitative estimate of drug-likeness (QED) is 0.681. The Hall–Kier alpha value is -0.580. The van der Waals surface area contributed by atoms with Crippen molar-refractivity contribution < 1.29 is 0 Å². The molecule has 2 rings (SSSR count). The predicted octanol–water partition coefficient (Wildman–Crippen LogP) is 3.53. The molecule has 0 amide bonds. The summed E-state index contributed by atoms with van der Waals surface area (Å²) < 4.78 is 2.01. The smallest absolute Gasteiger partial charge is 0.105 e. The molecule has 0 aliphatic rings. The lowest BCUT2D eigenvalue weighted by atomic mass is 9.87. The lowest BCUT2D eigenvalue weighted by Crippen LogP contribution is -2.10. The van der Waals surface area contributed by atoms with Crippen LogP contribution in [0.4, 0.5) is 0 Å². The summed E-state index contributed by atoms with van der Waals surface area (Å²) in [4.78, 5) is 4.35. The van der Waals surface area contributed by atoms with E-state index in [2.05, 4.69) is 66.8 Å². The molecule has 0 aliphatic heterocycles. The van der Waals surface area contributed by atoms with E-state index in [-0.39, 0.29) is 5.41 Å². The van der Waals surface area contributed by atoms with Gasteiger partial charge in [-0.3, -0.25) is 2.78 Å². The standard InChI is InChI=1S/C11H13IN2/c1-11(2,3)8-4-5-10-9(6-8)13-7-14(10)12/h4-7H,1-3H3. The summed E-state index contributed by atoms with van der Waals surface area (Å²) in [6, 6.07) is 6.49. The lowest BCUT2D eigenvalue weighted by Gasteiger charge is -2.18. The first-order valence-corrected chi connectivity index (χ1v) is 5.59. The maximum absolute atomic E-state index is 4.35. The Morgan fingerprint density at radius 2 is 2.00 bits per heavy atom. The Morgan fingerprint density at radius 3 is 2.64 bits per heavy atom. The Balaban J connectivity index is 2.63. The zero-order valence-corrected chi connectivity index (χ0v) is 10.7. The highest BCUT2D eigenvalue weighted by molar-refractivity contribution is 14.1. The Morgan fingerprint density at radius 1 is 1.29 bits per heavy atom. The molecular weight excluding hydrogens is 287 g/mol. The molecule has 2 nitrogen and oxygen atoms in total. The molecule has 0 N–H and O–H groups in total. The van der Waals surface area contributed by atoms with Crippen LogP contribution in [-0.4, -0.2) is 7.76 Å². The molecule has 0 unspecified atom stereocenters. The van der Waals surface area contributed by atoms with E-state index in [9.17, 15) is 0 Å². The summed E-state index contributed by atoms with van der Waals surface area (Å²) >= 11 is 2.24. The molecule has 0 fully saturated rings. The number of fused-ring (bicyclic) bond motifs is 1. The van der Waals surface area contributed by atoms with Gasteiger partial charge in [0, 0.05) is 0 Å². The van der Waals surface area contributed by atoms with Gasteiger partial charge < -0.3 is 0 Å². The van der Waals surface area contributed by atoms with Crippen LogP contribution in [0.15, 0.2) is 24.5 Å². The van der Waals surface area contributed by atoms with Crippen LogP contribution in [0.3, 0.4) is 0 Å². The van der Waals surface area contributed by atoms with Gasteiger partial charge in [-0.15, -0.1) is 0 Å². The third-order valence-corrected chi connectivity index (χ3v) is 3.14. The second-order valence-corrected chi connectivity index (χ2v) is 5.55. The van der Waals surface area contributed by atoms with Crippen molar-refractivity contribution in [3.63, 3.8) is 0 Å². The van der Waals surface area contributed by atoms with Crippen molar-refractivity contribution in [2.24, 2.45) is 0 Å². The van der Waals surface area contributed by atoms with Crippen LogP contribution in [0.5, 0.6) is 0 Å². The van der Waals surface area contributed by atoms with Gasteiger partial charge >= 0.3 is 0 Å². The minimum Gasteiger partial charge on any atom is -0.271 e. The fourth-order valence-electron chi connectivity index (χ4n) is 1.45. The van der Waals surface area contributed by atoms with E-state index in [1.165, 1.54) is 11.1 Å². The van der Waals surface area contributed by atoms with Crippen LogP contribution in [0.25, 0.3) is 11.0 Å². The molecular formula is C11H13IN2. The van der Waals surface area contributed by atoms with E-state index in [4.69, 9.17) is 0 Å².